The number of carbonyl (C=O) groups is 2. The van der Waals surface area contributed by atoms with Crippen molar-refractivity contribution >= 4 is 27.5 Å². The quantitative estimate of drug-likeness (QED) is 0.517. The summed E-state index contributed by atoms with van der Waals surface area (Å²) in [5, 5.41) is 2.90. The second kappa shape index (κ2) is 11.6. The molecule has 2 rings (SSSR count). The molecule has 36 heavy (non-hydrogen) atoms. The highest BCUT2D eigenvalue weighted by atomic mass is 32.2. The maximum Gasteiger partial charge on any atom is 0.244 e. The van der Waals surface area contributed by atoms with Gasteiger partial charge in [0.1, 0.15) is 12.6 Å². The van der Waals surface area contributed by atoms with Gasteiger partial charge in [0.15, 0.2) is 11.5 Å². The van der Waals surface area contributed by atoms with Crippen molar-refractivity contribution in [1.82, 2.24) is 10.2 Å². The summed E-state index contributed by atoms with van der Waals surface area (Å²) in [6, 6.07) is 11.3. The van der Waals surface area contributed by atoms with Crippen molar-refractivity contribution < 1.29 is 27.5 Å². The van der Waals surface area contributed by atoms with E-state index in [0.29, 0.717) is 11.5 Å². The van der Waals surface area contributed by atoms with Crippen LogP contribution in [0, 0.1) is 6.92 Å². The Morgan fingerprint density at radius 2 is 1.64 bits per heavy atom. The number of sulfonamides is 1. The predicted molar refractivity (Wildman–Crippen MR) is 141 cm³/mol. The van der Waals surface area contributed by atoms with Crippen LogP contribution < -0.4 is 19.1 Å². The fraction of sp³-hybridized carbons (Fsp3) is 0.462. The third-order valence-corrected chi connectivity index (χ3v) is 6.74. The minimum atomic E-state index is -3.86. The summed E-state index contributed by atoms with van der Waals surface area (Å²) in [6.07, 6.45) is 1.03. The highest BCUT2D eigenvalue weighted by Gasteiger charge is 2.31. The van der Waals surface area contributed by atoms with Crippen LogP contribution in [0.3, 0.4) is 0 Å². The van der Waals surface area contributed by atoms with Crippen LogP contribution in [0.25, 0.3) is 0 Å². The maximum atomic E-state index is 13.7. The van der Waals surface area contributed by atoms with Gasteiger partial charge >= 0.3 is 0 Å². The van der Waals surface area contributed by atoms with Crippen LogP contribution in [0.4, 0.5) is 5.69 Å². The lowest BCUT2D eigenvalue weighted by Gasteiger charge is -2.33. The molecule has 0 radical (unpaired) electrons. The van der Waals surface area contributed by atoms with Crippen LogP contribution in [0.1, 0.15) is 38.8 Å². The molecule has 1 N–H and O–H groups in total. The zero-order valence-electron chi connectivity index (χ0n) is 22.3. The first-order valence-corrected chi connectivity index (χ1v) is 13.4. The number of rotatable bonds is 10. The Morgan fingerprint density at radius 3 is 2.17 bits per heavy atom. The fourth-order valence-corrected chi connectivity index (χ4v) is 4.46. The number of hydrogen-bond acceptors (Lipinski definition) is 6. The van der Waals surface area contributed by atoms with Gasteiger partial charge in [0.2, 0.25) is 21.8 Å². The lowest BCUT2D eigenvalue weighted by Crippen LogP contribution is -2.54. The molecule has 198 valence electrons. The number of anilines is 1. The Bertz CT molecular complexity index is 1190. The molecular weight excluding hydrogens is 482 g/mol. The van der Waals surface area contributed by atoms with Crippen molar-refractivity contribution in [2.75, 3.05) is 31.3 Å². The number of benzene rings is 2. The van der Waals surface area contributed by atoms with E-state index in [-0.39, 0.29) is 18.1 Å². The van der Waals surface area contributed by atoms with E-state index in [1.54, 1.807) is 13.0 Å². The Labute approximate surface area is 214 Å². The molecule has 0 aliphatic heterocycles. The Hall–Kier alpha value is -3.27. The topological polar surface area (TPSA) is 105 Å². The van der Waals surface area contributed by atoms with Gasteiger partial charge < -0.3 is 19.7 Å². The average molecular weight is 520 g/mol. The number of nitrogens with one attached hydrogen (secondary N) is 1. The van der Waals surface area contributed by atoms with E-state index < -0.39 is 34.1 Å². The van der Waals surface area contributed by atoms with Gasteiger partial charge in [0, 0.05) is 18.2 Å². The van der Waals surface area contributed by atoms with E-state index in [2.05, 4.69) is 5.32 Å². The average Bonchev–Trinajstić information content (AvgIpc) is 2.79. The smallest absolute Gasteiger partial charge is 0.244 e. The summed E-state index contributed by atoms with van der Waals surface area (Å²) in [5.41, 5.74) is 1.56. The molecule has 0 aromatic heterocycles. The van der Waals surface area contributed by atoms with Gasteiger partial charge in [-0.2, -0.15) is 0 Å². The summed E-state index contributed by atoms with van der Waals surface area (Å²) in [5.74, 6) is -0.100. The molecule has 0 saturated heterocycles. The second-order valence-electron chi connectivity index (χ2n) is 9.67. The van der Waals surface area contributed by atoms with Crippen LogP contribution in [0.15, 0.2) is 42.5 Å². The van der Waals surface area contributed by atoms with E-state index in [1.165, 1.54) is 31.3 Å². The molecule has 1 atom stereocenters. The van der Waals surface area contributed by atoms with Gasteiger partial charge in [-0.25, -0.2) is 8.42 Å². The fourth-order valence-electron chi connectivity index (χ4n) is 3.62. The maximum absolute atomic E-state index is 13.7. The molecular formula is C26H37N3O6S. The van der Waals surface area contributed by atoms with E-state index in [0.717, 1.165) is 21.7 Å². The molecule has 0 fully saturated rings. The molecule has 0 aliphatic rings. The molecule has 0 saturated carbocycles. The standard InChI is InChI=1S/C26H37N3O6S/c1-18-11-9-10-12-20(18)16-28(19(2)25(31)27-26(3,4)5)24(30)17-29(36(8,32)33)21-13-14-22(34-6)23(15-21)35-7/h9-15,19H,16-17H2,1-8H3,(H,27,31)/t19-/m1/s1. The van der Waals surface area contributed by atoms with Crippen LogP contribution in [0.2, 0.25) is 0 Å². The zero-order chi connectivity index (χ0) is 27.3. The molecule has 9 nitrogen and oxygen atoms in total. The molecule has 0 spiro atoms. The summed E-state index contributed by atoms with van der Waals surface area (Å²) < 4.78 is 37.0. The third-order valence-electron chi connectivity index (χ3n) is 5.60. The number of ether oxygens (including phenoxy) is 2. The number of aryl methyl sites for hydroxylation is 1. The van der Waals surface area contributed by atoms with Crippen molar-refractivity contribution in [2.24, 2.45) is 0 Å². The van der Waals surface area contributed by atoms with Gasteiger partial charge in [-0.05, 0) is 57.9 Å². The van der Waals surface area contributed by atoms with Crippen LogP contribution in [0.5, 0.6) is 11.5 Å². The normalized spacial score (nSPS) is 12.4. The number of carbonyl (C=O) groups excluding carboxylic acids is 2. The highest BCUT2D eigenvalue weighted by Crippen LogP contribution is 2.32. The van der Waals surface area contributed by atoms with Crippen molar-refractivity contribution in [3.05, 3.63) is 53.6 Å². The molecule has 10 heteroatoms. The minimum Gasteiger partial charge on any atom is -0.493 e. The second-order valence-corrected chi connectivity index (χ2v) is 11.6. The van der Waals surface area contributed by atoms with Gasteiger partial charge in [-0.3, -0.25) is 13.9 Å². The van der Waals surface area contributed by atoms with Crippen molar-refractivity contribution in [1.29, 1.82) is 0 Å². The van der Waals surface area contributed by atoms with Crippen molar-refractivity contribution in [2.45, 2.75) is 52.7 Å². The molecule has 2 amide bonds. The number of hydrogen-bond donors (Lipinski definition) is 1. The number of nitrogens with zero attached hydrogens (tertiary/aromatic N) is 2. The van der Waals surface area contributed by atoms with E-state index in [4.69, 9.17) is 9.47 Å². The molecule has 0 unspecified atom stereocenters. The van der Waals surface area contributed by atoms with Crippen LogP contribution in [-0.4, -0.2) is 63.7 Å². The predicted octanol–water partition coefficient (Wildman–Crippen LogP) is 3.11. The van der Waals surface area contributed by atoms with Crippen molar-refractivity contribution in [3.8, 4) is 11.5 Å². The first-order chi connectivity index (χ1) is 16.7. The first-order valence-electron chi connectivity index (χ1n) is 11.5. The minimum absolute atomic E-state index is 0.147. The highest BCUT2D eigenvalue weighted by molar-refractivity contribution is 7.92. The van der Waals surface area contributed by atoms with Crippen LogP contribution >= 0.6 is 0 Å². The summed E-state index contributed by atoms with van der Waals surface area (Å²) >= 11 is 0. The van der Waals surface area contributed by atoms with E-state index in [9.17, 15) is 18.0 Å². The third kappa shape index (κ3) is 7.61. The molecule has 0 aliphatic carbocycles. The Kier molecular flexibility index (Phi) is 9.37. The van der Waals surface area contributed by atoms with E-state index >= 15 is 0 Å². The lowest BCUT2D eigenvalue weighted by molar-refractivity contribution is -0.140. The first kappa shape index (κ1) is 29.0. The van der Waals surface area contributed by atoms with Gasteiger partial charge in [-0.15, -0.1) is 0 Å². The van der Waals surface area contributed by atoms with Gasteiger partial charge in [0.05, 0.1) is 26.2 Å². The largest absolute Gasteiger partial charge is 0.493 e. The SMILES string of the molecule is COc1ccc(N(CC(=O)N(Cc2ccccc2C)[C@H](C)C(=O)NC(C)(C)C)S(C)(=O)=O)cc1OC. The lowest BCUT2D eigenvalue weighted by atomic mass is 10.1. The molecule has 2 aromatic carbocycles. The number of methoxy groups -OCH3 is 2. The molecule has 2 aromatic rings. The Morgan fingerprint density at radius 1 is 1.03 bits per heavy atom. The van der Waals surface area contributed by atoms with E-state index in [1.807, 2.05) is 52.0 Å². The summed E-state index contributed by atoms with van der Waals surface area (Å²) in [6.45, 7) is 8.78. The van der Waals surface area contributed by atoms with Gasteiger partial charge in [-0.1, -0.05) is 24.3 Å². The van der Waals surface area contributed by atoms with Crippen molar-refractivity contribution in [3.63, 3.8) is 0 Å². The van der Waals surface area contributed by atoms with Gasteiger partial charge in [0.25, 0.3) is 0 Å². The Balaban J connectivity index is 2.47. The molecule has 0 bridgehead atoms. The zero-order valence-corrected chi connectivity index (χ0v) is 23.1. The number of amides is 2. The summed E-state index contributed by atoms with van der Waals surface area (Å²) in [7, 11) is -0.941. The monoisotopic (exact) mass is 519 g/mol. The summed E-state index contributed by atoms with van der Waals surface area (Å²) in [4.78, 5) is 28.1. The van der Waals surface area contributed by atoms with Crippen LogP contribution in [-0.2, 0) is 26.2 Å². The molecule has 0 heterocycles.